The van der Waals surface area contributed by atoms with Gasteiger partial charge in [-0.25, -0.2) is 0 Å². The molecule has 2 rings (SSSR count). The van der Waals surface area contributed by atoms with Crippen molar-refractivity contribution >= 4 is 41.5 Å². The highest BCUT2D eigenvalue weighted by molar-refractivity contribution is 14.0. The van der Waals surface area contributed by atoms with E-state index < -0.39 is 0 Å². The Bertz CT molecular complexity index is 437. The van der Waals surface area contributed by atoms with Crippen LogP contribution < -0.4 is 15.8 Å². The molecule has 1 aromatic carbocycles. The number of halogens is 2. The minimum atomic E-state index is 0. The Balaban J connectivity index is 0.00000144. The lowest BCUT2D eigenvalue weighted by molar-refractivity contribution is 0.353. The first kappa shape index (κ1) is 14.4. The number of benzene rings is 1. The molecule has 0 saturated heterocycles. The fraction of sp³-hybridized carbons (Fsp3) is 0.364. The van der Waals surface area contributed by atoms with E-state index in [4.69, 9.17) is 22.1 Å². The topological polar surface area (TPSA) is 59.6 Å². The Labute approximate surface area is 123 Å². The summed E-state index contributed by atoms with van der Waals surface area (Å²) in [4.78, 5) is 3.83. The lowest BCUT2D eigenvalue weighted by atomic mass is 10.1. The van der Waals surface area contributed by atoms with Crippen molar-refractivity contribution in [3.63, 3.8) is 0 Å². The Morgan fingerprint density at radius 3 is 3.06 bits per heavy atom. The van der Waals surface area contributed by atoms with E-state index in [1.807, 2.05) is 12.1 Å². The molecule has 0 amide bonds. The van der Waals surface area contributed by atoms with Gasteiger partial charge in [-0.05, 0) is 17.7 Å². The molecule has 3 N–H and O–H groups in total. The Morgan fingerprint density at radius 1 is 1.59 bits per heavy atom. The predicted molar refractivity (Wildman–Crippen MR) is 80.5 cm³/mol. The number of rotatable bonds is 2. The summed E-state index contributed by atoms with van der Waals surface area (Å²) in [5.74, 6) is 1.34. The number of nitrogens with two attached hydrogens (primary N) is 1. The summed E-state index contributed by atoms with van der Waals surface area (Å²) in [5, 5.41) is 3.72. The van der Waals surface area contributed by atoms with E-state index in [2.05, 4.69) is 10.3 Å². The van der Waals surface area contributed by atoms with Crippen LogP contribution in [-0.4, -0.2) is 19.6 Å². The SMILES string of the molecule is CN=C(N)NCc1cc(Cl)cc2c1OCC2.I. The van der Waals surface area contributed by atoms with Gasteiger partial charge in [0, 0.05) is 30.6 Å². The second-order valence-corrected chi connectivity index (χ2v) is 4.05. The zero-order valence-corrected chi connectivity index (χ0v) is 12.6. The highest BCUT2D eigenvalue weighted by Gasteiger charge is 2.17. The molecule has 0 radical (unpaired) electrons. The molecule has 4 nitrogen and oxygen atoms in total. The molecule has 1 aliphatic heterocycles. The summed E-state index contributed by atoms with van der Waals surface area (Å²) in [5.41, 5.74) is 7.75. The molecule has 6 heteroatoms. The second-order valence-electron chi connectivity index (χ2n) is 3.61. The lowest BCUT2D eigenvalue weighted by Crippen LogP contribution is -2.30. The molecular formula is C11H15ClIN3O. The summed E-state index contributed by atoms with van der Waals surface area (Å²) < 4.78 is 5.57. The van der Waals surface area contributed by atoms with Gasteiger partial charge in [0.15, 0.2) is 5.96 Å². The molecule has 0 unspecified atom stereocenters. The molecule has 0 saturated carbocycles. The van der Waals surface area contributed by atoms with E-state index in [1.54, 1.807) is 7.05 Å². The summed E-state index contributed by atoms with van der Waals surface area (Å²) in [6.45, 7) is 1.30. The fourth-order valence-electron chi connectivity index (χ4n) is 1.74. The zero-order chi connectivity index (χ0) is 11.5. The van der Waals surface area contributed by atoms with Gasteiger partial charge in [-0.1, -0.05) is 11.6 Å². The van der Waals surface area contributed by atoms with E-state index in [1.165, 1.54) is 0 Å². The van der Waals surface area contributed by atoms with Gasteiger partial charge >= 0.3 is 0 Å². The van der Waals surface area contributed by atoms with Crippen LogP contribution in [0.1, 0.15) is 11.1 Å². The van der Waals surface area contributed by atoms with E-state index in [-0.39, 0.29) is 24.0 Å². The second kappa shape index (κ2) is 6.30. The quantitative estimate of drug-likeness (QED) is 0.477. The van der Waals surface area contributed by atoms with Crippen LogP contribution in [0.3, 0.4) is 0 Å². The zero-order valence-electron chi connectivity index (χ0n) is 9.50. The smallest absolute Gasteiger partial charge is 0.188 e. The van der Waals surface area contributed by atoms with E-state index in [0.717, 1.165) is 34.9 Å². The van der Waals surface area contributed by atoms with Crippen LogP contribution in [0.4, 0.5) is 0 Å². The molecule has 0 spiro atoms. The van der Waals surface area contributed by atoms with Crippen molar-refractivity contribution in [1.82, 2.24) is 5.32 Å². The van der Waals surface area contributed by atoms with Crippen LogP contribution in [0.25, 0.3) is 0 Å². The maximum absolute atomic E-state index is 6.03. The van der Waals surface area contributed by atoms with Crippen molar-refractivity contribution < 1.29 is 4.74 Å². The lowest BCUT2D eigenvalue weighted by Gasteiger charge is -2.10. The van der Waals surface area contributed by atoms with Crippen molar-refractivity contribution in [1.29, 1.82) is 0 Å². The molecule has 0 aromatic heterocycles. The number of nitrogens with one attached hydrogen (secondary N) is 1. The van der Waals surface area contributed by atoms with Crippen LogP contribution in [0.2, 0.25) is 5.02 Å². The third kappa shape index (κ3) is 3.38. The van der Waals surface area contributed by atoms with Gasteiger partial charge in [-0.3, -0.25) is 4.99 Å². The first-order valence-corrected chi connectivity index (χ1v) is 5.48. The normalized spacial score (nSPS) is 13.6. The van der Waals surface area contributed by atoms with Gasteiger partial charge < -0.3 is 15.8 Å². The largest absolute Gasteiger partial charge is 0.493 e. The van der Waals surface area contributed by atoms with Crippen LogP contribution in [0.15, 0.2) is 17.1 Å². The highest BCUT2D eigenvalue weighted by atomic mass is 127. The van der Waals surface area contributed by atoms with E-state index >= 15 is 0 Å². The van der Waals surface area contributed by atoms with Gasteiger partial charge in [-0.2, -0.15) is 0 Å². The molecule has 0 aliphatic carbocycles. The van der Waals surface area contributed by atoms with Crippen molar-refractivity contribution in [2.75, 3.05) is 13.7 Å². The molecule has 17 heavy (non-hydrogen) atoms. The summed E-state index contributed by atoms with van der Waals surface area (Å²) in [7, 11) is 1.64. The fourth-order valence-corrected chi connectivity index (χ4v) is 2.01. The molecule has 94 valence electrons. The van der Waals surface area contributed by atoms with Gasteiger partial charge in [0.2, 0.25) is 0 Å². The molecular weight excluding hydrogens is 352 g/mol. The third-order valence-electron chi connectivity index (χ3n) is 2.53. The van der Waals surface area contributed by atoms with Crippen molar-refractivity contribution in [2.45, 2.75) is 13.0 Å². The summed E-state index contributed by atoms with van der Waals surface area (Å²) >= 11 is 6.03. The van der Waals surface area contributed by atoms with Crippen molar-refractivity contribution in [3.8, 4) is 5.75 Å². The number of hydrogen-bond donors (Lipinski definition) is 2. The minimum Gasteiger partial charge on any atom is -0.493 e. The molecule has 1 aliphatic rings. The Kier molecular flexibility index (Phi) is 5.32. The van der Waals surface area contributed by atoms with Crippen LogP contribution in [0.5, 0.6) is 5.75 Å². The number of ether oxygens (including phenoxy) is 1. The Hall–Kier alpha value is -0.690. The molecule has 0 bridgehead atoms. The minimum absolute atomic E-state index is 0. The third-order valence-corrected chi connectivity index (χ3v) is 2.74. The maximum Gasteiger partial charge on any atom is 0.188 e. The number of fused-ring (bicyclic) bond motifs is 1. The van der Waals surface area contributed by atoms with Crippen LogP contribution in [0, 0.1) is 0 Å². The van der Waals surface area contributed by atoms with Gasteiger partial charge in [0.1, 0.15) is 5.75 Å². The highest BCUT2D eigenvalue weighted by Crippen LogP contribution is 2.32. The first-order chi connectivity index (χ1) is 7.70. The van der Waals surface area contributed by atoms with Crippen molar-refractivity contribution in [2.24, 2.45) is 10.7 Å². The number of guanidine groups is 1. The Morgan fingerprint density at radius 2 is 2.35 bits per heavy atom. The first-order valence-electron chi connectivity index (χ1n) is 5.11. The maximum atomic E-state index is 6.03. The number of aliphatic imine (C=N–C) groups is 1. The van der Waals surface area contributed by atoms with Gasteiger partial charge in [0.25, 0.3) is 0 Å². The molecule has 1 heterocycles. The standard InChI is InChI=1S/C11H14ClN3O.HI/c1-14-11(13)15-6-8-5-9(12)4-7-2-3-16-10(7)8;/h4-5H,2-3,6H2,1H3,(H3,13,14,15);1H. The van der Waals surface area contributed by atoms with Crippen molar-refractivity contribution in [3.05, 3.63) is 28.3 Å². The van der Waals surface area contributed by atoms with Gasteiger partial charge in [-0.15, -0.1) is 24.0 Å². The number of hydrogen-bond acceptors (Lipinski definition) is 2. The average molecular weight is 368 g/mol. The predicted octanol–water partition coefficient (Wildman–Crippen LogP) is 1.93. The summed E-state index contributed by atoms with van der Waals surface area (Å²) in [6.07, 6.45) is 0.917. The molecule has 0 fully saturated rings. The van der Waals surface area contributed by atoms with Crippen LogP contribution >= 0.6 is 35.6 Å². The van der Waals surface area contributed by atoms with E-state index in [0.29, 0.717) is 12.5 Å². The number of nitrogens with zero attached hydrogens (tertiary/aromatic N) is 1. The van der Waals surface area contributed by atoms with Gasteiger partial charge in [0.05, 0.1) is 6.61 Å². The monoisotopic (exact) mass is 367 g/mol. The molecule has 1 aromatic rings. The van der Waals surface area contributed by atoms with E-state index in [9.17, 15) is 0 Å². The molecule has 0 atom stereocenters. The van der Waals surface area contributed by atoms with Crippen LogP contribution in [-0.2, 0) is 13.0 Å². The summed E-state index contributed by atoms with van der Waals surface area (Å²) in [6, 6.07) is 3.84. The average Bonchev–Trinajstić information content (AvgIpc) is 2.73.